The molecule has 1 aliphatic heterocycles. The van der Waals surface area contributed by atoms with Crippen molar-refractivity contribution in [2.75, 3.05) is 0 Å². The summed E-state index contributed by atoms with van der Waals surface area (Å²) in [5.41, 5.74) is 1.28. The van der Waals surface area contributed by atoms with Gasteiger partial charge in [-0.1, -0.05) is 35.3 Å². The van der Waals surface area contributed by atoms with E-state index in [0.717, 1.165) is 4.90 Å². The second-order valence-corrected chi connectivity index (χ2v) is 8.73. The van der Waals surface area contributed by atoms with Crippen molar-refractivity contribution in [2.24, 2.45) is 10.2 Å². The standard InChI is InChI=1S/C23H14Cl2FN3O3S/c24-14-3-1-4-15(11-14)27-28-16-7-8-20(30)13(9-16)10-21-22(31)29(23(32)33-21)12-17-18(25)5-2-6-19(17)26/h1-11,30H,12H2/b21-10-,28-27?. The lowest BCUT2D eigenvalue weighted by atomic mass is 10.1. The average Bonchev–Trinajstić information content (AvgIpc) is 3.04. The van der Waals surface area contributed by atoms with Crippen molar-refractivity contribution in [3.05, 3.63) is 92.6 Å². The number of phenolic OH excluding ortho intramolecular Hbond substituents is 1. The van der Waals surface area contributed by atoms with Gasteiger partial charge >= 0.3 is 0 Å². The number of imide groups is 1. The average molecular weight is 502 g/mol. The van der Waals surface area contributed by atoms with Crippen molar-refractivity contribution < 1.29 is 19.1 Å². The van der Waals surface area contributed by atoms with Crippen molar-refractivity contribution in [1.82, 2.24) is 4.90 Å². The topological polar surface area (TPSA) is 82.3 Å². The first-order chi connectivity index (χ1) is 15.8. The van der Waals surface area contributed by atoms with Crippen molar-refractivity contribution in [2.45, 2.75) is 6.54 Å². The van der Waals surface area contributed by atoms with Crippen LogP contribution in [0.4, 0.5) is 20.6 Å². The van der Waals surface area contributed by atoms with Gasteiger partial charge in [-0.15, -0.1) is 0 Å². The van der Waals surface area contributed by atoms with Gasteiger partial charge in [0.1, 0.15) is 11.6 Å². The van der Waals surface area contributed by atoms with E-state index in [2.05, 4.69) is 10.2 Å². The minimum atomic E-state index is -0.616. The lowest BCUT2D eigenvalue weighted by Gasteiger charge is -2.14. The number of hydrogen-bond donors (Lipinski definition) is 1. The molecule has 0 bridgehead atoms. The van der Waals surface area contributed by atoms with Crippen LogP contribution in [0.2, 0.25) is 10.0 Å². The number of azo groups is 1. The fourth-order valence-corrected chi connectivity index (χ4v) is 4.23. The summed E-state index contributed by atoms with van der Waals surface area (Å²) < 4.78 is 14.1. The molecule has 3 aromatic rings. The summed E-state index contributed by atoms with van der Waals surface area (Å²) in [5, 5.41) is 18.5. The molecule has 0 saturated carbocycles. The number of aromatic hydroxyl groups is 1. The number of rotatable bonds is 5. The third kappa shape index (κ3) is 5.24. The van der Waals surface area contributed by atoms with Crippen LogP contribution in [0.15, 0.2) is 75.8 Å². The molecule has 4 rings (SSSR count). The number of nitrogens with zero attached hydrogens (tertiary/aromatic N) is 3. The van der Waals surface area contributed by atoms with Crippen LogP contribution in [0.3, 0.4) is 0 Å². The molecule has 166 valence electrons. The quantitative estimate of drug-likeness (QED) is 0.290. The third-order valence-electron chi connectivity index (χ3n) is 4.64. The summed E-state index contributed by atoms with van der Waals surface area (Å²) in [6.07, 6.45) is 1.38. The maximum atomic E-state index is 14.1. The van der Waals surface area contributed by atoms with Crippen molar-refractivity contribution in [1.29, 1.82) is 0 Å². The van der Waals surface area contributed by atoms with E-state index in [4.69, 9.17) is 23.2 Å². The predicted octanol–water partition coefficient (Wildman–Crippen LogP) is 7.49. The lowest BCUT2D eigenvalue weighted by molar-refractivity contribution is -0.123. The van der Waals surface area contributed by atoms with Gasteiger partial charge in [-0.25, -0.2) is 4.39 Å². The maximum absolute atomic E-state index is 14.1. The number of amides is 2. The molecule has 1 aliphatic rings. The number of hydrogen-bond acceptors (Lipinski definition) is 6. The van der Waals surface area contributed by atoms with Crippen LogP contribution < -0.4 is 0 Å². The molecule has 2 amide bonds. The summed E-state index contributed by atoms with van der Waals surface area (Å²) in [5.74, 6) is -1.34. The molecule has 0 aromatic heterocycles. The second-order valence-electron chi connectivity index (χ2n) is 6.89. The van der Waals surface area contributed by atoms with Crippen molar-refractivity contribution in [3.8, 4) is 5.75 Å². The van der Waals surface area contributed by atoms with E-state index in [0.29, 0.717) is 28.2 Å². The summed E-state index contributed by atoms with van der Waals surface area (Å²) >= 11 is 12.6. The first-order valence-corrected chi connectivity index (χ1v) is 11.1. The van der Waals surface area contributed by atoms with Gasteiger partial charge < -0.3 is 5.11 Å². The molecule has 1 saturated heterocycles. The molecule has 1 N–H and O–H groups in total. The largest absolute Gasteiger partial charge is 0.507 e. The summed E-state index contributed by atoms with van der Waals surface area (Å²) in [4.78, 5) is 26.2. The van der Waals surface area contributed by atoms with Crippen LogP contribution in [-0.2, 0) is 11.3 Å². The normalized spacial score (nSPS) is 15.2. The smallest absolute Gasteiger partial charge is 0.293 e. The molecule has 1 heterocycles. The zero-order chi connectivity index (χ0) is 23.5. The fraction of sp³-hybridized carbons (Fsp3) is 0.0435. The maximum Gasteiger partial charge on any atom is 0.293 e. The number of phenols is 1. The van der Waals surface area contributed by atoms with Crippen LogP contribution in [0, 0.1) is 5.82 Å². The molecule has 0 aliphatic carbocycles. The second kappa shape index (κ2) is 9.74. The summed E-state index contributed by atoms with van der Waals surface area (Å²) in [7, 11) is 0. The number of benzene rings is 3. The lowest BCUT2D eigenvalue weighted by Crippen LogP contribution is -2.28. The van der Waals surface area contributed by atoms with Crippen LogP contribution in [-0.4, -0.2) is 21.2 Å². The Morgan fingerprint density at radius 2 is 1.73 bits per heavy atom. The van der Waals surface area contributed by atoms with Gasteiger partial charge in [0.25, 0.3) is 11.1 Å². The number of halogens is 3. The van der Waals surface area contributed by atoms with E-state index in [-0.39, 0.29) is 33.3 Å². The number of carbonyl (C=O) groups is 2. The molecule has 33 heavy (non-hydrogen) atoms. The third-order valence-corrected chi connectivity index (χ3v) is 6.13. The minimum absolute atomic E-state index is 0.0500. The Bertz CT molecular complexity index is 1310. The van der Waals surface area contributed by atoms with Crippen LogP contribution in [0.25, 0.3) is 6.08 Å². The zero-order valence-electron chi connectivity index (χ0n) is 16.7. The Labute approximate surface area is 202 Å². The van der Waals surface area contributed by atoms with Crippen molar-refractivity contribution >= 4 is 63.6 Å². The SMILES string of the molecule is O=C1S/C(=C\c2cc(N=Nc3cccc(Cl)c3)ccc2O)C(=O)N1Cc1c(F)cccc1Cl. The Balaban J connectivity index is 1.58. The van der Waals surface area contributed by atoms with E-state index >= 15 is 0 Å². The molecular formula is C23H14Cl2FN3O3S. The Morgan fingerprint density at radius 1 is 1.00 bits per heavy atom. The van der Waals surface area contributed by atoms with Gasteiger partial charge in [0.15, 0.2) is 0 Å². The molecule has 1 fully saturated rings. The first-order valence-electron chi connectivity index (χ1n) is 9.50. The van der Waals surface area contributed by atoms with Gasteiger partial charge in [-0.3, -0.25) is 14.5 Å². The Morgan fingerprint density at radius 3 is 2.45 bits per heavy atom. The van der Waals surface area contributed by atoms with E-state index < -0.39 is 17.0 Å². The van der Waals surface area contributed by atoms with Crippen LogP contribution in [0.5, 0.6) is 5.75 Å². The minimum Gasteiger partial charge on any atom is -0.507 e. The van der Waals surface area contributed by atoms with E-state index in [1.54, 1.807) is 30.3 Å². The summed E-state index contributed by atoms with van der Waals surface area (Å²) in [6.45, 7) is -0.298. The van der Waals surface area contributed by atoms with Gasteiger partial charge in [0, 0.05) is 21.2 Å². The van der Waals surface area contributed by atoms with Gasteiger partial charge in [0.2, 0.25) is 0 Å². The van der Waals surface area contributed by atoms with Crippen molar-refractivity contribution in [3.63, 3.8) is 0 Å². The number of thioether (sulfide) groups is 1. The zero-order valence-corrected chi connectivity index (χ0v) is 19.0. The molecule has 6 nitrogen and oxygen atoms in total. The van der Waals surface area contributed by atoms with Crippen LogP contribution in [0.1, 0.15) is 11.1 Å². The monoisotopic (exact) mass is 501 g/mol. The molecule has 0 radical (unpaired) electrons. The molecule has 10 heteroatoms. The van der Waals surface area contributed by atoms with Crippen LogP contribution >= 0.6 is 35.0 Å². The molecule has 0 spiro atoms. The highest BCUT2D eigenvalue weighted by Crippen LogP contribution is 2.36. The Kier molecular flexibility index (Phi) is 6.78. The van der Waals surface area contributed by atoms with E-state index in [9.17, 15) is 19.1 Å². The van der Waals surface area contributed by atoms with Gasteiger partial charge in [-0.05, 0) is 66.4 Å². The molecular weight excluding hydrogens is 488 g/mol. The number of carbonyl (C=O) groups excluding carboxylic acids is 2. The van der Waals surface area contributed by atoms with Gasteiger partial charge in [0.05, 0.1) is 22.8 Å². The highest BCUT2D eigenvalue weighted by atomic mass is 35.5. The highest BCUT2D eigenvalue weighted by Gasteiger charge is 2.36. The predicted molar refractivity (Wildman–Crippen MR) is 127 cm³/mol. The summed E-state index contributed by atoms with van der Waals surface area (Å²) in [6, 6.07) is 15.4. The fourth-order valence-electron chi connectivity index (χ4n) is 2.99. The first kappa shape index (κ1) is 23.0. The van der Waals surface area contributed by atoms with Gasteiger partial charge in [-0.2, -0.15) is 10.2 Å². The molecule has 0 unspecified atom stereocenters. The molecule has 0 atom stereocenters. The van der Waals surface area contributed by atoms with E-state index in [1.807, 2.05) is 0 Å². The molecule has 3 aromatic carbocycles. The Hall–Kier alpha value is -3.20. The van der Waals surface area contributed by atoms with E-state index in [1.165, 1.54) is 36.4 Å². The highest BCUT2D eigenvalue weighted by molar-refractivity contribution is 8.18.